The molecule has 0 fully saturated rings. The van der Waals surface area contributed by atoms with Gasteiger partial charge in [0.15, 0.2) is 0 Å². The molecule has 1 N–H and O–H groups in total. The monoisotopic (exact) mass is 324 g/mol. The van der Waals surface area contributed by atoms with Crippen LogP contribution in [0.25, 0.3) is 0 Å². The van der Waals surface area contributed by atoms with Gasteiger partial charge in [-0.3, -0.25) is 4.79 Å². The lowest BCUT2D eigenvalue weighted by atomic mass is 10.1. The lowest BCUT2D eigenvalue weighted by molar-refractivity contribution is -0.116. The number of carbonyl (C=O) groups is 1. The fraction of sp³-hybridized carbons (Fsp3) is 0.0769. The van der Waals surface area contributed by atoms with E-state index < -0.39 is 5.38 Å². The van der Waals surface area contributed by atoms with Crippen LogP contribution in [-0.4, -0.2) is 10.9 Å². The Morgan fingerprint density at radius 3 is 2.61 bits per heavy atom. The van der Waals surface area contributed by atoms with Crippen molar-refractivity contribution in [3.8, 4) is 0 Å². The van der Waals surface area contributed by atoms with Crippen molar-refractivity contribution in [3.05, 3.63) is 58.8 Å². The molecule has 1 aromatic carbocycles. The highest BCUT2D eigenvalue weighted by molar-refractivity contribution is 9.10. The van der Waals surface area contributed by atoms with Crippen LogP contribution in [0.3, 0.4) is 0 Å². The number of aromatic nitrogens is 1. The molecule has 1 atom stereocenters. The van der Waals surface area contributed by atoms with Crippen molar-refractivity contribution < 1.29 is 4.79 Å². The number of anilines is 1. The Hall–Kier alpha value is -1.39. The minimum atomic E-state index is -0.724. The predicted octanol–water partition coefficient (Wildman–Crippen LogP) is 3.76. The van der Waals surface area contributed by atoms with Crippen molar-refractivity contribution in [1.82, 2.24) is 4.98 Å². The molecule has 0 aliphatic heterocycles. The number of pyridine rings is 1. The number of halogens is 2. The van der Waals surface area contributed by atoms with E-state index in [1.165, 1.54) is 0 Å². The molecule has 0 aliphatic carbocycles. The van der Waals surface area contributed by atoms with E-state index in [9.17, 15) is 4.79 Å². The zero-order valence-electron chi connectivity index (χ0n) is 9.31. The molecule has 2 rings (SSSR count). The third kappa shape index (κ3) is 3.09. The molecule has 18 heavy (non-hydrogen) atoms. The number of nitrogens with one attached hydrogen (secondary N) is 1. The average Bonchev–Trinajstić information content (AvgIpc) is 2.41. The SMILES string of the molecule is O=C(Nc1cccnc1Br)C(Cl)c1ccccc1. The largest absolute Gasteiger partial charge is 0.322 e. The smallest absolute Gasteiger partial charge is 0.247 e. The van der Waals surface area contributed by atoms with Gasteiger partial charge in [0.1, 0.15) is 9.98 Å². The predicted molar refractivity (Wildman–Crippen MR) is 75.6 cm³/mol. The van der Waals surface area contributed by atoms with Crippen molar-refractivity contribution in [3.63, 3.8) is 0 Å². The number of carbonyl (C=O) groups excluding carboxylic acids is 1. The number of alkyl halides is 1. The molecule has 2 aromatic rings. The standard InChI is InChI=1S/C13H10BrClN2O/c14-12-10(7-4-8-16-12)17-13(18)11(15)9-5-2-1-3-6-9/h1-8,11H,(H,17,18). The number of amides is 1. The minimum Gasteiger partial charge on any atom is -0.322 e. The van der Waals surface area contributed by atoms with Crippen LogP contribution in [0.2, 0.25) is 0 Å². The van der Waals surface area contributed by atoms with E-state index >= 15 is 0 Å². The molecule has 1 heterocycles. The van der Waals surface area contributed by atoms with Crippen LogP contribution in [-0.2, 0) is 4.79 Å². The van der Waals surface area contributed by atoms with Gasteiger partial charge in [0, 0.05) is 6.20 Å². The molecule has 0 radical (unpaired) electrons. The first kappa shape index (κ1) is 13.1. The van der Waals surface area contributed by atoms with Crippen LogP contribution in [0.4, 0.5) is 5.69 Å². The van der Waals surface area contributed by atoms with Crippen LogP contribution < -0.4 is 5.32 Å². The minimum absolute atomic E-state index is 0.281. The zero-order chi connectivity index (χ0) is 13.0. The Morgan fingerprint density at radius 2 is 1.94 bits per heavy atom. The summed E-state index contributed by atoms with van der Waals surface area (Å²) in [5, 5.41) is 2.00. The van der Waals surface area contributed by atoms with Gasteiger partial charge in [-0.05, 0) is 33.6 Å². The summed E-state index contributed by atoms with van der Waals surface area (Å²) < 4.78 is 0.579. The molecule has 1 amide bonds. The van der Waals surface area contributed by atoms with Crippen LogP contribution in [0.1, 0.15) is 10.9 Å². The second kappa shape index (κ2) is 5.98. The Balaban J connectivity index is 2.12. The molecule has 5 heteroatoms. The van der Waals surface area contributed by atoms with E-state index in [0.717, 1.165) is 5.56 Å². The van der Waals surface area contributed by atoms with E-state index in [1.54, 1.807) is 18.3 Å². The Morgan fingerprint density at radius 1 is 1.22 bits per heavy atom. The van der Waals surface area contributed by atoms with E-state index in [0.29, 0.717) is 10.3 Å². The van der Waals surface area contributed by atoms with Crippen molar-refractivity contribution in [1.29, 1.82) is 0 Å². The number of benzene rings is 1. The molecule has 1 unspecified atom stereocenters. The van der Waals surface area contributed by atoms with Gasteiger partial charge in [-0.25, -0.2) is 4.98 Å². The second-order valence-corrected chi connectivity index (χ2v) is 4.79. The van der Waals surface area contributed by atoms with E-state index in [2.05, 4.69) is 26.2 Å². The first-order chi connectivity index (χ1) is 8.68. The zero-order valence-corrected chi connectivity index (χ0v) is 11.6. The van der Waals surface area contributed by atoms with Gasteiger partial charge in [0.2, 0.25) is 5.91 Å². The van der Waals surface area contributed by atoms with E-state index in [-0.39, 0.29) is 5.91 Å². The third-order valence-corrected chi connectivity index (χ3v) is 3.42. The highest BCUT2D eigenvalue weighted by Crippen LogP contribution is 2.24. The average molecular weight is 326 g/mol. The number of nitrogens with zero attached hydrogens (tertiary/aromatic N) is 1. The molecule has 92 valence electrons. The van der Waals surface area contributed by atoms with Gasteiger partial charge in [-0.1, -0.05) is 30.3 Å². The summed E-state index contributed by atoms with van der Waals surface area (Å²) >= 11 is 9.37. The molecule has 0 saturated carbocycles. The van der Waals surface area contributed by atoms with Gasteiger partial charge < -0.3 is 5.32 Å². The van der Waals surface area contributed by atoms with Crippen molar-refractivity contribution in [2.45, 2.75) is 5.38 Å². The van der Waals surface area contributed by atoms with Gasteiger partial charge in [0.25, 0.3) is 0 Å². The highest BCUT2D eigenvalue weighted by Gasteiger charge is 2.18. The summed E-state index contributed by atoms with van der Waals surface area (Å²) in [7, 11) is 0. The summed E-state index contributed by atoms with van der Waals surface area (Å²) in [6.07, 6.45) is 1.63. The molecule has 1 aromatic heterocycles. The van der Waals surface area contributed by atoms with Crippen molar-refractivity contribution >= 4 is 39.1 Å². The number of hydrogen-bond acceptors (Lipinski definition) is 2. The first-order valence-electron chi connectivity index (χ1n) is 5.29. The lowest BCUT2D eigenvalue weighted by Gasteiger charge is -2.11. The van der Waals surface area contributed by atoms with Gasteiger partial charge in [-0.15, -0.1) is 11.6 Å². The topological polar surface area (TPSA) is 42.0 Å². The number of hydrogen-bond donors (Lipinski definition) is 1. The molecular weight excluding hydrogens is 316 g/mol. The van der Waals surface area contributed by atoms with Crippen molar-refractivity contribution in [2.75, 3.05) is 5.32 Å². The molecule has 0 spiro atoms. The van der Waals surface area contributed by atoms with Crippen molar-refractivity contribution in [2.24, 2.45) is 0 Å². The lowest BCUT2D eigenvalue weighted by Crippen LogP contribution is -2.17. The second-order valence-electron chi connectivity index (χ2n) is 3.60. The fourth-order valence-electron chi connectivity index (χ4n) is 1.45. The van der Waals surface area contributed by atoms with E-state index in [4.69, 9.17) is 11.6 Å². The summed E-state index contributed by atoms with van der Waals surface area (Å²) in [6, 6.07) is 12.7. The molecule has 0 bridgehead atoms. The van der Waals surface area contributed by atoms with Gasteiger partial charge in [-0.2, -0.15) is 0 Å². The maximum absolute atomic E-state index is 12.0. The Kier molecular flexibility index (Phi) is 4.33. The highest BCUT2D eigenvalue weighted by atomic mass is 79.9. The Labute approximate surface area is 118 Å². The van der Waals surface area contributed by atoms with Crippen LogP contribution in [0, 0.1) is 0 Å². The van der Waals surface area contributed by atoms with Crippen LogP contribution in [0.15, 0.2) is 53.3 Å². The maximum Gasteiger partial charge on any atom is 0.247 e. The Bertz CT molecular complexity index is 548. The molecule has 0 saturated heterocycles. The molecule has 0 aliphatic rings. The normalized spacial score (nSPS) is 11.9. The maximum atomic E-state index is 12.0. The molecular formula is C13H10BrClN2O. The summed E-state index contributed by atoms with van der Waals surface area (Å²) in [5.74, 6) is -0.281. The number of rotatable bonds is 3. The van der Waals surface area contributed by atoms with Gasteiger partial charge >= 0.3 is 0 Å². The quantitative estimate of drug-likeness (QED) is 0.689. The van der Waals surface area contributed by atoms with Crippen LogP contribution >= 0.6 is 27.5 Å². The summed E-state index contributed by atoms with van der Waals surface area (Å²) in [4.78, 5) is 16.0. The summed E-state index contributed by atoms with van der Waals surface area (Å²) in [5.41, 5.74) is 1.36. The third-order valence-electron chi connectivity index (χ3n) is 2.34. The summed E-state index contributed by atoms with van der Waals surface area (Å²) in [6.45, 7) is 0. The van der Waals surface area contributed by atoms with Crippen LogP contribution in [0.5, 0.6) is 0 Å². The van der Waals surface area contributed by atoms with Gasteiger partial charge in [0.05, 0.1) is 5.69 Å². The fourth-order valence-corrected chi connectivity index (χ4v) is 2.00. The molecule has 3 nitrogen and oxygen atoms in total. The van der Waals surface area contributed by atoms with E-state index in [1.807, 2.05) is 30.3 Å². The first-order valence-corrected chi connectivity index (χ1v) is 6.52.